The van der Waals surface area contributed by atoms with Gasteiger partial charge in [0.15, 0.2) is 5.71 Å². The third-order valence-corrected chi connectivity index (χ3v) is 2.69. The molecule has 0 fully saturated rings. The second-order valence-corrected chi connectivity index (χ2v) is 4.30. The van der Waals surface area contributed by atoms with Crippen LogP contribution in [0.1, 0.15) is 39.0 Å². The number of nitrogens with zero attached hydrogens (tertiary/aromatic N) is 1. The van der Waals surface area contributed by atoms with Crippen molar-refractivity contribution in [2.24, 2.45) is 11.1 Å². The number of carbonyl (C=O) groups excluding carboxylic acids is 1. The maximum atomic E-state index is 12.3. The monoisotopic (exact) mass is 307 g/mol. The van der Waals surface area contributed by atoms with Crippen LogP contribution in [0.2, 0.25) is 0 Å². The van der Waals surface area contributed by atoms with Crippen molar-refractivity contribution in [3.05, 3.63) is 0 Å². The Bertz CT molecular complexity index is 348. The average molecular weight is 307 g/mol. The van der Waals surface area contributed by atoms with E-state index in [0.29, 0.717) is 12.8 Å². The first-order valence-electron chi connectivity index (χ1n) is 5.93. The molecule has 0 aliphatic rings. The molecule has 0 aliphatic carbocycles. The summed E-state index contributed by atoms with van der Waals surface area (Å²) in [6.45, 7) is 1.76. The van der Waals surface area contributed by atoms with E-state index in [1.54, 1.807) is 6.92 Å². The van der Waals surface area contributed by atoms with Gasteiger partial charge in [-0.1, -0.05) is 31.3 Å². The van der Waals surface area contributed by atoms with Gasteiger partial charge in [0.25, 0.3) is 0 Å². The van der Waals surface area contributed by atoms with Crippen LogP contribution in [0.5, 0.6) is 0 Å². The minimum atomic E-state index is -5.21. The molecule has 0 amide bonds. The lowest BCUT2D eigenvalue weighted by atomic mass is 9.91. The first kappa shape index (κ1) is 18.7. The van der Waals surface area contributed by atoms with E-state index in [-0.39, 0.29) is 12.8 Å². The molecule has 0 bridgehead atoms. The zero-order valence-corrected chi connectivity index (χ0v) is 10.7. The summed E-state index contributed by atoms with van der Waals surface area (Å²) in [6.07, 6.45) is -10.5. The largest absolute Gasteiger partial charge is 0.450 e. The summed E-state index contributed by atoms with van der Waals surface area (Å²) in [4.78, 5) is 11.1. The van der Waals surface area contributed by atoms with Crippen molar-refractivity contribution < 1.29 is 36.3 Å². The van der Waals surface area contributed by atoms with E-state index in [0.717, 1.165) is 0 Å². The molecular formula is C11H15F6NO2. The Morgan fingerprint density at radius 2 is 1.65 bits per heavy atom. The summed E-state index contributed by atoms with van der Waals surface area (Å²) in [6, 6.07) is 0. The Balaban J connectivity index is 4.99. The topological polar surface area (TPSA) is 49.7 Å². The minimum Gasteiger partial charge on any atom is -0.411 e. The molecule has 0 saturated carbocycles. The fourth-order valence-electron chi connectivity index (χ4n) is 1.64. The first-order valence-corrected chi connectivity index (χ1v) is 5.93. The molecule has 0 saturated heterocycles. The van der Waals surface area contributed by atoms with Gasteiger partial charge in [0, 0.05) is 12.3 Å². The Labute approximate surface area is 111 Å². The lowest BCUT2D eigenvalue weighted by Crippen LogP contribution is -2.35. The smallest absolute Gasteiger partial charge is 0.411 e. The summed E-state index contributed by atoms with van der Waals surface area (Å²) in [7, 11) is 0. The molecule has 0 aromatic rings. The highest BCUT2D eigenvalue weighted by Crippen LogP contribution is 2.30. The van der Waals surface area contributed by atoms with Crippen molar-refractivity contribution in [2.45, 2.75) is 51.4 Å². The second-order valence-electron chi connectivity index (χ2n) is 4.30. The van der Waals surface area contributed by atoms with E-state index in [1.165, 1.54) is 0 Å². The predicted molar refractivity (Wildman–Crippen MR) is 58.6 cm³/mol. The third kappa shape index (κ3) is 6.25. The molecular weight excluding hydrogens is 292 g/mol. The summed E-state index contributed by atoms with van der Waals surface area (Å²) in [5, 5.41) is 10.2. The Morgan fingerprint density at radius 1 is 1.10 bits per heavy atom. The number of ketones is 1. The standard InChI is InChI=1S/C11H15F6NO2/c1-2-3-4-5-7(9(19)11(15,16)17)6-8(18-20)10(12,13)14/h7,20H,2-6H2,1H3. The number of Topliss-reactive ketones (excluding diaryl/α,β-unsaturated/α-hetero) is 1. The Kier molecular flexibility index (Phi) is 7.01. The summed E-state index contributed by atoms with van der Waals surface area (Å²) < 4.78 is 74.0. The summed E-state index contributed by atoms with van der Waals surface area (Å²) >= 11 is 0. The van der Waals surface area contributed by atoms with Crippen LogP contribution in [0.25, 0.3) is 0 Å². The van der Waals surface area contributed by atoms with Crippen LogP contribution in [0.15, 0.2) is 5.16 Å². The normalized spacial score (nSPS) is 15.2. The first-order chi connectivity index (χ1) is 9.04. The van der Waals surface area contributed by atoms with Gasteiger partial charge in [-0.3, -0.25) is 4.79 Å². The molecule has 0 rings (SSSR count). The number of hydrogen-bond donors (Lipinski definition) is 1. The highest BCUT2D eigenvalue weighted by atomic mass is 19.4. The van der Waals surface area contributed by atoms with Gasteiger partial charge in [-0.05, 0) is 6.42 Å². The molecule has 0 aromatic heterocycles. The predicted octanol–water partition coefficient (Wildman–Crippen LogP) is 4.10. The van der Waals surface area contributed by atoms with Gasteiger partial charge in [-0.25, -0.2) is 0 Å². The molecule has 1 atom stereocenters. The van der Waals surface area contributed by atoms with Gasteiger partial charge >= 0.3 is 12.4 Å². The molecule has 0 spiro atoms. The molecule has 1 unspecified atom stereocenters. The minimum absolute atomic E-state index is 0.194. The zero-order valence-electron chi connectivity index (χ0n) is 10.7. The third-order valence-electron chi connectivity index (χ3n) is 2.69. The molecule has 0 radical (unpaired) electrons. The number of oxime groups is 1. The van der Waals surface area contributed by atoms with Crippen LogP contribution in [0.4, 0.5) is 26.3 Å². The number of alkyl halides is 6. The molecule has 0 heterocycles. The summed E-state index contributed by atoms with van der Waals surface area (Å²) in [5.74, 6) is -4.10. The van der Waals surface area contributed by atoms with E-state index in [4.69, 9.17) is 5.21 Å². The van der Waals surface area contributed by atoms with Crippen molar-refractivity contribution >= 4 is 11.5 Å². The molecule has 20 heavy (non-hydrogen) atoms. The quantitative estimate of drug-likeness (QED) is 0.253. The molecule has 118 valence electrons. The maximum Gasteiger partial charge on any atom is 0.450 e. The zero-order chi connectivity index (χ0) is 16.0. The van der Waals surface area contributed by atoms with Crippen LogP contribution < -0.4 is 0 Å². The highest BCUT2D eigenvalue weighted by molar-refractivity contribution is 5.95. The van der Waals surface area contributed by atoms with Gasteiger partial charge < -0.3 is 5.21 Å². The van der Waals surface area contributed by atoms with Crippen LogP contribution in [0, 0.1) is 5.92 Å². The number of rotatable bonds is 7. The Morgan fingerprint density at radius 3 is 2.00 bits per heavy atom. The summed E-state index contributed by atoms with van der Waals surface area (Å²) in [5.41, 5.74) is -1.78. The van der Waals surface area contributed by atoms with Crippen molar-refractivity contribution in [3.63, 3.8) is 0 Å². The number of halogens is 6. The molecule has 3 nitrogen and oxygen atoms in total. The van der Waals surface area contributed by atoms with Gasteiger partial charge in [0.2, 0.25) is 5.78 Å². The fourth-order valence-corrected chi connectivity index (χ4v) is 1.64. The van der Waals surface area contributed by atoms with E-state index in [2.05, 4.69) is 0 Å². The lowest BCUT2D eigenvalue weighted by molar-refractivity contribution is -0.175. The van der Waals surface area contributed by atoms with Crippen LogP contribution in [-0.2, 0) is 4.79 Å². The molecule has 1 N–H and O–H groups in total. The van der Waals surface area contributed by atoms with E-state index in [9.17, 15) is 31.1 Å². The highest BCUT2D eigenvalue weighted by Gasteiger charge is 2.46. The second kappa shape index (κ2) is 7.49. The SMILES string of the molecule is CCCCCC(CC(=NO)C(F)(F)F)C(=O)C(F)(F)F. The molecule has 0 aromatic carbocycles. The number of hydrogen-bond acceptors (Lipinski definition) is 3. The van der Waals surface area contributed by atoms with Crippen LogP contribution >= 0.6 is 0 Å². The van der Waals surface area contributed by atoms with Crippen LogP contribution in [-0.4, -0.2) is 29.1 Å². The fraction of sp³-hybridized carbons (Fsp3) is 0.818. The maximum absolute atomic E-state index is 12.3. The van der Waals surface area contributed by atoms with E-state index < -0.39 is 36.2 Å². The van der Waals surface area contributed by atoms with Gasteiger partial charge in [0.1, 0.15) is 0 Å². The molecule has 0 aliphatic heterocycles. The van der Waals surface area contributed by atoms with Gasteiger partial charge in [-0.2, -0.15) is 26.3 Å². The van der Waals surface area contributed by atoms with Crippen molar-refractivity contribution in [1.82, 2.24) is 0 Å². The number of unbranched alkanes of at least 4 members (excludes halogenated alkanes) is 2. The van der Waals surface area contributed by atoms with Gasteiger partial charge in [0.05, 0.1) is 0 Å². The van der Waals surface area contributed by atoms with Crippen molar-refractivity contribution in [2.75, 3.05) is 0 Å². The van der Waals surface area contributed by atoms with Crippen LogP contribution in [0.3, 0.4) is 0 Å². The number of carbonyl (C=O) groups is 1. The lowest BCUT2D eigenvalue weighted by Gasteiger charge is -2.18. The Hall–Kier alpha value is -1.28. The van der Waals surface area contributed by atoms with E-state index >= 15 is 0 Å². The average Bonchev–Trinajstić information content (AvgIpc) is 2.30. The van der Waals surface area contributed by atoms with Crippen molar-refractivity contribution in [3.8, 4) is 0 Å². The van der Waals surface area contributed by atoms with E-state index in [1.807, 2.05) is 5.16 Å². The van der Waals surface area contributed by atoms with Gasteiger partial charge in [-0.15, -0.1) is 0 Å². The van der Waals surface area contributed by atoms with Crippen molar-refractivity contribution in [1.29, 1.82) is 0 Å². The molecule has 9 heteroatoms.